The van der Waals surface area contributed by atoms with Crippen LogP contribution in [0.5, 0.6) is 0 Å². The number of aromatic nitrogens is 3. The molecule has 22 heavy (non-hydrogen) atoms. The first-order valence-electron chi connectivity index (χ1n) is 6.01. The Morgan fingerprint density at radius 3 is 2.91 bits per heavy atom. The molecule has 0 fully saturated rings. The molecule has 0 aromatic carbocycles. The van der Waals surface area contributed by atoms with Gasteiger partial charge in [0.15, 0.2) is 5.82 Å². The van der Waals surface area contributed by atoms with Gasteiger partial charge >= 0.3 is 5.00 Å². The molecule has 3 aromatic rings. The lowest BCUT2D eigenvalue weighted by Gasteiger charge is -2.00. The minimum Gasteiger partial charge on any atom is -0.258 e. The fourth-order valence-corrected chi connectivity index (χ4v) is 3.49. The Morgan fingerprint density at radius 2 is 2.27 bits per heavy atom. The fourth-order valence-electron chi connectivity index (χ4n) is 1.68. The summed E-state index contributed by atoms with van der Waals surface area (Å²) in [6, 6.07) is 7.01. The standard InChI is InChI=1S/C12H9N5O2S3/c1-20-12-15-14-11(9-3-2-6-21-9)16(12)13-7-8-4-5-10(22-8)17(18)19/h2-7H,1H3/b13-7-. The minimum atomic E-state index is -0.412. The fraction of sp³-hybridized carbons (Fsp3) is 0.0833. The zero-order valence-electron chi connectivity index (χ0n) is 11.2. The lowest BCUT2D eigenvalue weighted by atomic mass is 10.4. The summed E-state index contributed by atoms with van der Waals surface area (Å²) in [7, 11) is 0. The van der Waals surface area contributed by atoms with Crippen LogP contribution >= 0.6 is 34.4 Å². The van der Waals surface area contributed by atoms with Crippen molar-refractivity contribution in [1.29, 1.82) is 0 Å². The molecule has 0 unspecified atom stereocenters. The Labute approximate surface area is 137 Å². The average molecular weight is 351 g/mol. The van der Waals surface area contributed by atoms with E-state index >= 15 is 0 Å². The molecule has 0 amide bonds. The molecule has 0 spiro atoms. The number of hydrogen-bond acceptors (Lipinski definition) is 8. The van der Waals surface area contributed by atoms with Crippen molar-refractivity contribution in [3.05, 3.63) is 44.6 Å². The van der Waals surface area contributed by atoms with Gasteiger partial charge in [0.25, 0.3) is 0 Å². The van der Waals surface area contributed by atoms with Crippen LogP contribution in [0.4, 0.5) is 5.00 Å². The molecule has 10 heteroatoms. The molecule has 7 nitrogen and oxygen atoms in total. The Bertz CT molecular complexity index is 822. The van der Waals surface area contributed by atoms with Gasteiger partial charge in [-0.2, -0.15) is 9.78 Å². The zero-order valence-corrected chi connectivity index (χ0v) is 13.7. The summed E-state index contributed by atoms with van der Waals surface area (Å²) in [5, 5.41) is 26.0. The maximum absolute atomic E-state index is 10.7. The lowest BCUT2D eigenvalue weighted by molar-refractivity contribution is -0.380. The first kappa shape index (κ1) is 14.9. The van der Waals surface area contributed by atoms with Crippen LogP contribution in [0.25, 0.3) is 10.7 Å². The summed E-state index contributed by atoms with van der Waals surface area (Å²) in [5.74, 6) is 0.654. The van der Waals surface area contributed by atoms with Gasteiger partial charge in [-0.25, -0.2) is 0 Å². The summed E-state index contributed by atoms with van der Waals surface area (Å²) in [6.45, 7) is 0. The molecule has 3 rings (SSSR count). The van der Waals surface area contributed by atoms with Gasteiger partial charge in [-0.15, -0.1) is 21.5 Å². The van der Waals surface area contributed by atoms with E-state index in [0.717, 1.165) is 16.2 Å². The molecule has 0 atom stereocenters. The largest absolute Gasteiger partial charge is 0.324 e. The van der Waals surface area contributed by atoms with Crippen LogP contribution in [0.3, 0.4) is 0 Å². The number of nitro groups is 1. The molecular weight excluding hydrogens is 342 g/mol. The van der Waals surface area contributed by atoms with Gasteiger partial charge in [-0.3, -0.25) is 10.1 Å². The first-order chi connectivity index (χ1) is 10.7. The molecule has 0 radical (unpaired) electrons. The van der Waals surface area contributed by atoms with Crippen LogP contribution in [0.1, 0.15) is 4.88 Å². The van der Waals surface area contributed by atoms with Gasteiger partial charge in [-0.1, -0.05) is 29.2 Å². The number of thiophene rings is 2. The van der Waals surface area contributed by atoms with Crippen molar-refractivity contribution in [1.82, 2.24) is 14.9 Å². The molecular formula is C12H9N5O2S3. The molecule has 0 bridgehead atoms. The van der Waals surface area contributed by atoms with Crippen LogP contribution in [-0.2, 0) is 0 Å². The molecule has 3 heterocycles. The van der Waals surface area contributed by atoms with E-state index in [1.54, 1.807) is 28.3 Å². The molecule has 0 aliphatic rings. The van der Waals surface area contributed by atoms with Crippen LogP contribution < -0.4 is 0 Å². The number of nitrogens with zero attached hydrogens (tertiary/aromatic N) is 5. The molecule has 0 saturated carbocycles. The number of thioether (sulfide) groups is 1. The van der Waals surface area contributed by atoms with E-state index in [0.29, 0.717) is 15.9 Å². The summed E-state index contributed by atoms with van der Waals surface area (Å²) in [4.78, 5) is 11.9. The van der Waals surface area contributed by atoms with E-state index in [4.69, 9.17) is 0 Å². The maximum Gasteiger partial charge on any atom is 0.324 e. The Kier molecular flexibility index (Phi) is 4.32. The van der Waals surface area contributed by atoms with Gasteiger partial charge in [0.1, 0.15) is 0 Å². The van der Waals surface area contributed by atoms with E-state index in [-0.39, 0.29) is 5.00 Å². The summed E-state index contributed by atoms with van der Waals surface area (Å²) >= 11 is 4.06. The second kappa shape index (κ2) is 6.38. The van der Waals surface area contributed by atoms with E-state index in [2.05, 4.69) is 15.3 Å². The summed E-state index contributed by atoms with van der Waals surface area (Å²) in [6.07, 6.45) is 3.47. The van der Waals surface area contributed by atoms with E-state index in [1.807, 2.05) is 23.8 Å². The van der Waals surface area contributed by atoms with Crippen LogP contribution in [0.2, 0.25) is 0 Å². The summed E-state index contributed by atoms with van der Waals surface area (Å²) in [5.41, 5.74) is 0. The van der Waals surface area contributed by atoms with E-state index < -0.39 is 4.92 Å². The van der Waals surface area contributed by atoms with Crippen molar-refractivity contribution in [2.45, 2.75) is 5.16 Å². The molecule has 0 aliphatic carbocycles. The Hall–Kier alpha value is -2.04. The quantitative estimate of drug-likeness (QED) is 0.303. The minimum absolute atomic E-state index is 0.0915. The Balaban J connectivity index is 1.95. The number of rotatable bonds is 5. The average Bonchev–Trinajstić information content (AvgIpc) is 3.24. The summed E-state index contributed by atoms with van der Waals surface area (Å²) < 4.78 is 1.64. The highest BCUT2D eigenvalue weighted by Crippen LogP contribution is 2.27. The number of hydrogen-bond donors (Lipinski definition) is 0. The van der Waals surface area contributed by atoms with E-state index in [1.165, 1.54) is 17.8 Å². The van der Waals surface area contributed by atoms with Crippen LogP contribution in [0, 0.1) is 10.1 Å². The second-order valence-corrected chi connectivity index (χ2v) is 6.79. The SMILES string of the molecule is CSc1nnc(-c2cccs2)n1/N=C\c1ccc([N+](=O)[O-])s1. The third kappa shape index (κ3) is 2.93. The second-order valence-electron chi connectivity index (χ2n) is 3.98. The third-order valence-corrected chi connectivity index (χ3v) is 5.09. The normalized spacial score (nSPS) is 11.3. The van der Waals surface area contributed by atoms with Crippen molar-refractivity contribution in [3.63, 3.8) is 0 Å². The monoisotopic (exact) mass is 351 g/mol. The Morgan fingerprint density at radius 1 is 1.41 bits per heavy atom. The van der Waals surface area contributed by atoms with Gasteiger partial charge in [0.05, 0.1) is 20.9 Å². The highest BCUT2D eigenvalue weighted by molar-refractivity contribution is 7.98. The van der Waals surface area contributed by atoms with Crippen molar-refractivity contribution >= 4 is 45.7 Å². The predicted molar refractivity (Wildman–Crippen MR) is 89.1 cm³/mol. The highest BCUT2D eigenvalue weighted by atomic mass is 32.2. The van der Waals surface area contributed by atoms with Gasteiger partial charge in [0.2, 0.25) is 5.16 Å². The lowest BCUT2D eigenvalue weighted by Crippen LogP contribution is -1.94. The molecule has 112 valence electrons. The molecule has 3 aromatic heterocycles. The smallest absolute Gasteiger partial charge is 0.258 e. The van der Waals surface area contributed by atoms with Crippen molar-refractivity contribution < 1.29 is 4.92 Å². The molecule has 0 N–H and O–H groups in total. The van der Waals surface area contributed by atoms with Crippen LogP contribution in [0.15, 0.2) is 39.9 Å². The van der Waals surface area contributed by atoms with Gasteiger partial charge in [0, 0.05) is 6.07 Å². The van der Waals surface area contributed by atoms with Gasteiger partial charge in [-0.05, 0) is 23.8 Å². The highest BCUT2D eigenvalue weighted by Gasteiger charge is 2.14. The van der Waals surface area contributed by atoms with E-state index in [9.17, 15) is 10.1 Å². The van der Waals surface area contributed by atoms with Crippen molar-refractivity contribution in [2.75, 3.05) is 6.26 Å². The molecule has 0 aliphatic heterocycles. The predicted octanol–water partition coefficient (Wildman–Crippen LogP) is 3.58. The van der Waals surface area contributed by atoms with Crippen molar-refractivity contribution in [2.24, 2.45) is 5.10 Å². The first-order valence-corrected chi connectivity index (χ1v) is 8.93. The van der Waals surface area contributed by atoms with Gasteiger partial charge < -0.3 is 0 Å². The van der Waals surface area contributed by atoms with Crippen molar-refractivity contribution in [3.8, 4) is 10.7 Å². The third-order valence-electron chi connectivity index (χ3n) is 2.63. The zero-order chi connectivity index (χ0) is 15.5. The van der Waals surface area contributed by atoms with Crippen LogP contribution in [-0.4, -0.2) is 32.3 Å². The molecule has 0 saturated heterocycles. The topological polar surface area (TPSA) is 86.2 Å². The maximum atomic E-state index is 10.7.